The van der Waals surface area contributed by atoms with Gasteiger partial charge in [0.05, 0.1) is 6.61 Å². The molecule has 0 unspecified atom stereocenters. The highest BCUT2D eigenvalue weighted by atomic mass is 35.5. The van der Waals surface area contributed by atoms with Crippen LogP contribution in [0.1, 0.15) is 45.2 Å². The molecular weight excluding hydrogens is 378 g/mol. The summed E-state index contributed by atoms with van der Waals surface area (Å²) in [5.74, 6) is -0.120. The molecule has 0 aliphatic carbocycles. The van der Waals surface area contributed by atoms with Crippen molar-refractivity contribution in [3.8, 4) is 11.4 Å². The van der Waals surface area contributed by atoms with Gasteiger partial charge < -0.3 is 9.84 Å². The molecule has 3 rings (SSSR count). The molecule has 0 atom stereocenters. The number of aromatic nitrogens is 3. The number of aromatic hydroxyl groups is 1. The number of hydrogen-bond donors (Lipinski definition) is 1. The lowest BCUT2D eigenvalue weighted by Crippen LogP contribution is -2.14. The maximum Gasteiger partial charge on any atom is 0.306 e. The van der Waals surface area contributed by atoms with E-state index in [-0.39, 0.29) is 23.6 Å². The van der Waals surface area contributed by atoms with Crippen LogP contribution in [0.25, 0.3) is 16.7 Å². The maximum atomic E-state index is 11.8. The van der Waals surface area contributed by atoms with Gasteiger partial charge in [0.25, 0.3) is 0 Å². The quantitative estimate of drug-likeness (QED) is 0.633. The molecule has 1 aromatic heterocycles. The van der Waals surface area contributed by atoms with Gasteiger partial charge in [0, 0.05) is 17.0 Å². The van der Waals surface area contributed by atoms with Gasteiger partial charge >= 0.3 is 5.97 Å². The van der Waals surface area contributed by atoms with Gasteiger partial charge in [-0.25, -0.2) is 0 Å². The lowest BCUT2D eigenvalue weighted by atomic mass is 9.84. The first-order valence-electron chi connectivity index (χ1n) is 9.24. The molecule has 28 heavy (non-hydrogen) atoms. The van der Waals surface area contributed by atoms with E-state index in [0.29, 0.717) is 34.8 Å². The van der Waals surface area contributed by atoms with Crippen LogP contribution in [-0.2, 0) is 21.4 Å². The highest BCUT2D eigenvalue weighted by Gasteiger charge is 2.23. The summed E-state index contributed by atoms with van der Waals surface area (Å²) in [5.41, 5.74) is 3.17. The van der Waals surface area contributed by atoms with Gasteiger partial charge in [0.1, 0.15) is 22.5 Å². The second-order valence-corrected chi connectivity index (χ2v) is 8.13. The molecule has 0 spiro atoms. The summed E-state index contributed by atoms with van der Waals surface area (Å²) >= 11 is 6.04. The topological polar surface area (TPSA) is 77.2 Å². The molecule has 148 valence electrons. The Morgan fingerprint density at radius 2 is 1.89 bits per heavy atom. The van der Waals surface area contributed by atoms with Crippen molar-refractivity contribution in [2.75, 3.05) is 6.61 Å². The number of benzene rings is 2. The van der Waals surface area contributed by atoms with Crippen LogP contribution in [0.15, 0.2) is 30.3 Å². The number of hydrogen-bond acceptors (Lipinski definition) is 5. The van der Waals surface area contributed by atoms with E-state index in [1.165, 1.54) is 4.80 Å². The number of phenols is 1. The smallest absolute Gasteiger partial charge is 0.306 e. The van der Waals surface area contributed by atoms with E-state index >= 15 is 0 Å². The summed E-state index contributed by atoms with van der Waals surface area (Å²) < 4.78 is 5.02. The minimum absolute atomic E-state index is 0.124. The number of aryl methyl sites for hydroxylation is 1. The summed E-state index contributed by atoms with van der Waals surface area (Å²) in [6.45, 7) is 8.21. The van der Waals surface area contributed by atoms with Crippen molar-refractivity contribution < 1.29 is 14.6 Å². The number of nitrogens with zero attached hydrogens (tertiary/aromatic N) is 3. The highest BCUT2D eigenvalue weighted by molar-refractivity contribution is 6.31. The first kappa shape index (κ1) is 20.1. The molecule has 0 radical (unpaired) electrons. The highest BCUT2D eigenvalue weighted by Crippen LogP contribution is 2.36. The summed E-state index contributed by atoms with van der Waals surface area (Å²) in [6.07, 6.45) is 0.771. The number of halogens is 1. The summed E-state index contributed by atoms with van der Waals surface area (Å²) in [7, 11) is 0. The zero-order valence-electron chi connectivity index (χ0n) is 16.5. The predicted octanol–water partition coefficient (Wildman–Crippen LogP) is 4.57. The fourth-order valence-corrected chi connectivity index (χ4v) is 3.19. The third-order valence-electron chi connectivity index (χ3n) is 4.44. The maximum absolute atomic E-state index is 11.8. The third-order valence-corrected chi connectivity index (χ3v) is 4.67. The molecule has 0 saturated carbocycles. The average molecular weight is 402 g/mol. The Morgan fingerprint density at radius 1 is 1.18 bits per heavy atom. The fraction of sp³-hybridized carbons (Fsp3) is 0.381. The first-order valence-corrected chi connectivity index (χ1v) is 9.62. The number of rotatable bonds is 5. The van der Waals surface area contributed by atoms with Crippen LogP contribution >= 0.6 is 11.6 Å². The summed E-state index contributed by atoms with van der Waals surface area (Å²) in [6, 6.07) is 9.00. The fourth-order valence-electron chi connectivity index (χ4n) is 3.02. The van der Waals surface area contributed by atoms with E-state index in [4.69, 9.17) is 16.3 Å². The lowest BCUT2D eigenvalue weighted by Gasteiger charge is -2.23. The van der Waals surface area contributed by atoms with Crippen LogP contribution in [-0.4, -0.2) is 32.7 Å². The Kier molecular flexibility index (Phi) is 5.61. The molecule has 0 fully saturated rings. The number of phenolic OH excluding ortho intramolecular Hbond substituents is 1. The van der Waals surface area contributed by atoms with Gasteiger partial charge in [-0.2, -0.15) is 0 Å². The molecule has 0 aliphatic heterocycles. The van der Waals surface area contributed by atoms with E-state index in [9.17, 15) is 9.90 Å². The van der Waals surface area contributed by atoms with Crippen molar-refractivity contribution in [2.45, 2.75) is 46.0 Å². The molecule has 2 aromatic carbocycles. The van der Waals surface area contributed by atoms with Crippen molar-refractivity contribution in [1.29, 1.82) is 0 Å². The first-order chi connectivity index (χ1) is 13.2. The van der Waals surface area contributed by atoms with E-state index in [1.807, 2.05) is 32.9 Å². The minimum Gasteiger partial charge on any atom is -0.505 e. The Bertz CT molecular complexity index is 1020. The standard InChI is InChI=1S/C21H24ClN3O3/c1-5-28-19(26)9-6-13-10-15(21(2,3)4)20(27)18(11-13)25-23-16-8-7-14(22)12-17(16)24-25/h7-8,10-12,27H,5-6,9H2,1-4H3. The van der Waals surface area contributed by atoms with Crippen LogP contribution < -0.4 is 0 Å². The normalized spacial score (nSPS) is 11.8. The van der Waals surface area contributed by atoms with Gasteiger partial charge in [-0.1, -0.05) is 38.4 Å². The molecule has 0 saturated heterocycles. The number of fused-ring (bicyclic) bond motifs is 1. The van der Waals surface area contributed by atoms with E-state index in [0.717, 1.165) is 11.1 Å². The van der Waals surface area contributed by atoms with Crippen molar-refractivity contribution in [1.82, 2.24) is 15.0 Å². The van der Waals surface area contributed by atoms with Gasteiger partial charge in [0.2, 0.25) is 0 Å². The number of carbonyl (C=O) groups excluding carboxylic acids is 1. The van der Waals surface area contributed by atoms with Gasteiger partial charge in [0.15, 0.2) is 0 Å². The van der Waals surface area contributed by atoms with Crippen LogP contribution in [0, 0.1) is 0 Å². The van der Waals surface area contributed by atoms with Crippen LogP contribution in [0.2, 0.25) is 5.02 Å². The SMILES string of the molecule is CCOC(=O)CCc1cc(-n2nc3ccc(Cl)cc3n2)c(O)c(C(C)(C)C)c1. The molecule has 1 heterocycles. The van der Waals surface area contributed by atoms with Gasteiger partial charge in [-0.05, 0) is 48.6 Å². The molecule has 6 nitrogen and oxygen atoms in total. The van der Waals surface area contributed by atoms with Crippen LogP contribution in [0.4, 0.5) is 0 Å². The molecule has 0 aliphatic rings. The van der Waals surface area contributed by atoms with Crippen molar-refractivity contribution in [3.05, 3.63) is 46.5 Å². The van der Waals surface area contributed by atoms with Crippen molar-refractivity contribution in [2.24, 2.45) is 0 Å². The molecular formula is C21H24ClN3O3. The number of esters is 1. The largest absolute Gasteiger partial charge is 0.505 e. The Labute approximate surface area is 169 Å². The zero-order chi connectivity index (χ0) is 20.5. The lowest BCUT2D eigenvalue weighted by molar-refractivity contribution is -0.143. The second-order valence-electron chi connectivity index (χ2n) is 7.69. The number of carbonyl (C=O) groups is 1. The van der Waals surface area contributed by atoms with E-state index in [1.54, 1.807) is 25.1 Å². The monoisotopic (exact) mass is 401 g/mol. The Hall–Kier alpha value is -2.60. The molecule has 3 aromatic rings. The Morgan fingerprint density at radius 3 is 2.57 bits per heavy atom. The predicted molar refractivity (Wildman–Crippen MR) is 109 cm³/mol. The third kappa shape index (κ3) is 4.28. The Balaban J connectivity index is 2.07. The average Bonchev–Trinajstić information content (AvgIpc) is 3.02. The van der Waals surface area contributed by atoms with Crippen LogP contribution in [0.3, 0.4) is 0 Å². The van der Waals surface area contributed by atoms with E-state index < -0.39 is 0 Å². The van der Waals surface area contributed by atoms with Gasteiger partial charge in [-0.3, -0.25) is 4.79 Å². The zero-order valence-corrected chi connectivity index (χ0v) is 17.2. The number of ether oxygens (including phenoxy) is 1. The second kappa shape index (κ2) is 7.80. The summed E-state index contributed by atoms with van der Waals surface area (Å²) in [5, 5.41) is 20.4. The van der Waals surface area contributed by atoms with Crippen molar-refractivity contribution in [3.63, 3.8) is 0 Å². The molecule has 0 bridgehead atoms. The molecule has 0 amide bonds. The van der Waals surface area contributed by atoms with Crippen molar-refractivity contribution >= 4 is 28.6 Å². The molecule has 7 heteroatoms. The van der Waals surface area contributed by atoms with Crippen LogP contribution in [0.5, 0.6) is 5.75 Å². The van der Waals surface area contributed by atoms with Gasteiger partial charge in [-0.15, -0.1) is 15.0 Å². The molecule has 1 N–H and O–H groups in total. The minimum atomic E-state index is -0.297. The summed E-state index contributed by atoms with van der Waals surface area (Å²) in [4.78, 5) is 13.2. The van der Waals surface area contributed by atoms with E-state index in [2.05, 4.69) is 10.2 Å².